The van der Waals surface area contributed by atoms with Crippen molar-refractivity contribution < 1.29 is 4.74 Å². The van der Waals surface area contributed by atoms with Gasteiger partial charge in [-0.05, 0) is 27.2 Å². The van der Waals surface area contributed by atoms with Crippen molar-refractivity contribution in [2.45, 2.75) is 39.2 Å². The van der Waals surface area contributed by atoms with Crippen LogP contribution < -0.4 is 0 Å². The average Bonchev–Trinajstić information content (AvgIpc) is 1.78. The molecule has 0 amide bonds. The van der Waals surface area contributed by atoms with Gasteiger partial charge in [0.25, 0.3) is 0 Å². The van der Waals surface area contributed by atoms with Crippen LogP contribution in [-0.4, -0.2) is 12.2 Å². The number of ether oxygens (including phenoxy) is 1. The van der Waals surface area contributed by atoms with Gasteiger partial charge in [-0.25, -0.2) is 0 Å². The van der Waals surface area contributed by atoms with Crippen LogP contribution in [0.3, 0.4) is 0 Å². The minimum Gasteiger partial charge on any atom is -0.376 e. The van der Waals surface area contributed by atoms with E-state index in [0.717, 1.165) is 19.4 Å². The summed E-state index contributed by atoms with van der Waals surface area (Å²) in [7, 11) is 0. The molecular weight excluding hydrogens is 124 g/mol. The fourth-order valence-corrected chi connectivity index (χ4v) is 0.553. The first-order valence-corrected chi connectivity index (χ1v) is 3.64. The van der Waals surface area contributed by atoms with E-state index in [1.807, 2.05) is 20.8 Å². The van der Waals surface area contributed by atoms with Crippen LogP contribution in [0.5, 0.6) is 0 Å². The van der Waals surface area contributed by atoms with Crippen molar-refractivity contribution in [3.63, 3.8) is 0 Å². The molecule has 0 aliphatic carbocycles. The van der Waals surface area contributed by atoms with E-state index < -0.39 is 0 Å². The van der Waals surface area contributed by atoms with Crippen LogP contribution in [0.15, 0.2) is 0 Å². The first kappa shape index (κ1) is 9.52. The molecule has 0 saturated heterocycles. The van der Waals surface area contributed by atoms with Crippen LogP contribution in [0.1, 0.15) is 33.6 Å². The topological polar surface area (TPSA) is 9.23 Å². The Labute approximate surface area is 63.8 Å². The maximum absolute atomic E-state index is 5.44. The van der Waals surface area contributed by atoms with Gasteiger partial charge in [0.15, 0.2) is 0 Å². The zero-order valence-electron chi connectivity index (χ0n) is 7.11. The lowest BCUT2D eigenvalue weighted by Gasteiger charge is -2.18. The van der Waals surface area contributed by atoms with Gasteiger partial charge in [0.1, 0.15) is 0 Å². The van der Waals surface area contributed by atoms with Crippen LogP contribution >= 0.6 is 0 Å². The Morgan fingerprint density at radius 3 is 2.40 bits per heavy atom. The molecule has 10 heavy (non-hydrogen) atoms. The molecule has 0 bridgehead atoms. The number of unbranched alkanes of at least 4 members (excludes halogenated alkanes) is 1. The Morgan fingerprint density at radius 1 is 1.40 bits per heavy atom. The Balaban J connectivity index is 3.14. The van der Waals surface area contributed by atoms with E-state index in [0.29, 0.717) is 0 Å². The molecular formula is C9H16O. The summed E-state index contributed by atoms with van der Waals surface area (Å²) in [5.74, 6) is 2.57. The van der Waals surface area contributed by atoms with Gasteiger partial charge in [0.2, 0.25) is 0 Å². The molecule has 0 aromatic rings. The van der Waals surface area contributed by atoms with Crippen LogP contribution in [0.2, 0.25) is 0 Å². The number of rotatable bonds is 3. The lowest BCUT2D eigenvalue weighted by molar-refractivity contribution is -0.00345. The lowest BCUT2D eigenvalue weighted by Crippen LogP contribution is -2.19. The number of terminal acetylenes is 1. The van der Waals surface area contributed by atoms with Crippen molar-refractivity contribution in [3.05, 3.63) is 0 Å². The van der Waals surface area contributed by atoms with Gasteiger partial charge in [-0.1, -0.05) is 0 Å². The zero-order valence-corrected chi connectivity index (χ0v) is 7.11. The Bertz CT molecular complexity index is 114. The summed E-state index contributed by atoms with van der Waals surface area (Å²) in [6, 6.07) is 0. The Hall–Kier alpha value is -0.480. The van der Waals surface area contributed by atoms with E-state index in [1.54, 1.807) is 0 Å². The van der Waals surface area contributed by atoms with Crippen LogP contribution in [-0.2, 0) is 4.74 Å². The predicted molar refractivity (Wildman–Crippen MR) is 43.8 cm³/mol. The number of hydrogen-bond donors (Lipinski definition) is 0. The number of hydrogen-bond acceptors (Lipinski definition) is 1. The molecule has 0 radical (unpaired) electrons. The molecule has 0 aromatic heterocycles. The van der Waals surface area contributed by atoms with Crippen molar-refractivity contribution in [3.8, 4) is 12.3 Å². The Morgan fingerprint density at radius 2 is 2.00 bits per heavy atom. The van der Waals surface area contributed by atoms with Gasteiger partial charge in [0, 0.05) is 13.0 Å². The largest absolute Gasteiger partial charge is 0.376 e. The van der Waals surface area contributed by atoms with E-state index in [9.17, 15) is 0 Å². The van der Waals surface area contributed by atoms with E-state index in [1.165, 1.54) is 0 Å². The molecule has 0 aliphatic rings. The maximum Gasteiger partial charge on any atom is 0.0598 e. The third-order valence-electron chi connectivity index (χ3n) is 1.00. The summed E-state index contributed by atoms with van der Waals surface area (Å²) in [6.07, 6.45) is 6.85. The molecule has 0 rings (SSSR count). The molecule has 0 atom stereocenters. The first-order valence-electron chi connectivity index (χ1n) is 3.64. The van der Waals surface area contributed by atoms with Crippen LogP contribution in [0, 0.1) is 12.3 Å². The van der Waals surface area contributed by atoms with Gasteiger partial charge < -0.3 is 4.74 Å². The monoisotopic (exact) mass is 140 g/mol. The lowest BCUT2D eigenvalue weighted by atomic mass is 10.2. The van der Waals surface area contributed by atoms with Gasteiger partial charge >= 0.3 is 0 Å². The normalized spacial score (nSPS) is 11.0. The third-order valence-corrected chi connectivity index (χ3v) is 1.00. The highest BCUT2D eigenvalue weighted by Gasteiger charge is 2.08. The molecule has 1 nitrogen and oxygen atoms in total. The summed E-state index contributed by atoms with van der Waals surface area (Å²) in [5.41, 5.74) is -0.0192. The Kier molecular flexibility index (Phi) is 4.14. The first-order chi connectivity index (χ1) is 4.56. The van der Waals surface area contributed by atoms with Crippen molar-refractivity contribution in [2.75, 3.05) is 6.61 Å². The molecule has 1 heteroatoms. The fourth-order valence-electron chi connectivity index (χ4n) is 0.553. The van der Waals surface area contributed by atoms with Crippen molar-refractivity contribution in [1.29, 1.82) is 0 Å². The molecule has 0 unspecified atom stereocenters. The minimum atomic E-state index is -0.0192. The summed E-state index contributed by atoms with van der Waals surface area (Å²) in [5, 5.41) is 0. The summed E-state index contributed by atoms with van der Waals surface area (Å²) >= 11 is 0. The van der Waals surface area contributed by atoms with Gasteiger partial charge in [0.05, 0.1) is 5.60 Å². The average molecular weight is 140 g/mol. The molecule has 0 heterocycles. The van der Waals surface area contributed by atoms with Gasteiger partial charge in [-0.15, -0.1) is 12.3 Å². The molecule has 0 spiro atoms. The van der Waals surface area contributed by atoms with E-state index >= 15 is 0 Å². The standard InChI is InChI=1S/C9H16O/c1-5-6-7-8-10-9(2,3)4/h1H,6-8H2,2-4H3. The van der Waals surface area contributed by atoms with Crippen molar-refractivity contribution in [1.82, 2.24) is 0 Å². The SMILES string of the molecule is C#CCCCOC(C)(C)C. The van der Waals surface area contributed by atoms with Crippen LogP contribution in [0.4, 0.5) is 0 Å². The molecule has 0 aliphatic heterocycles. The van der Waals surface area contributed by atoms with Gasteiger partial charge in [-0.3, -0.25) is 0 Å². The highest BCUT2D eigenvalue weighted by Crippen LogP contribution is 2.07. The zero-order chi connectivity index (χ0) is 8.04. The summed E-state index contributed by atoms with van der Waals surface area (Å²) in [6.45, 7) is 6.91. The second-order valence-corrected chi connectivity index (χ2v) is 3.27. The molecule has 0 fully saturated rings. The van der Waals surface area contributed by atoms with Crippen LogP contribution in [0.25, 0.3) is 0 Å². The smallest absolute Gasteiger partial charge is 0.0598 e. The van der Waals surface area contributed by atoms with Gasteiger partial charge in [-0.2, -0.15) is 0 Å². The maximum atomic E-state index is 5.44. The second kappa shape index (κ2) is 4.35. The highest BCUT2D eigenvalue weighted by molar-refractivity contribution is 4.82. The molecule has 0 N–H and O–H groups in total. The fraction of sp³-hybridized carbons (Fsp3) is 0.778. The molecule has 0 aromatic carbocycles. The van der Waals surface area contributed by atoms with Crippen molar-refractivity contribution in [2.24, 2.45) is 0 Å². The second-order valence-electron chi connectivity index (χ2n) is 3.27. The summed E-state index contributed by atoms with van der Waals surface area (Å²) in [4.78, 5) is 0. The minimum absolute atomic E-state index is 0.0192. The predicted octanol–water partition coefficient (Wildman–Crippen LogP) is 2.21. The summed E-state index contributed by atoms with van der Waals surface area (Å²) < 4.78 is 5.44. The molecule has 0 saturated carbocycles. The third kappa shape index (κ3) is 7.52. The van der Waals surface area contributed by atoms with E-state index in [2.05, 4.69) is 5.92 Å². The van der Waals surface area contributed by atoms with Crippen molar-refractivity contribution >= 4 is 0 Å². The quantitative estimate of drug-likeness (QED) is 0.431. The molecule has 58 valence electrons. The highest BCUT2D eigenvalue weighted by atomic mass is 16.5. The van der Waals surface area contributed by atoms with E-state index in [-0.39, 0.29) is 5.60 Å². The van der Waals surface area contributed by atoms with E-state index in [4.69, 9.17) is 11.2 Å².